The number of nitrogens with one attached hydrogen (secondary N) is 1. The van der Waals surface area contributed by atoms with E-state index in [1.54, 1.807) is 7.11 Å². The molecule has 2 N–H and O–H groups in total. The second-order valence-electron chi connectivity index (χ2n) is 9.77. The van der Waals surface area contributed by atoms with Gasteiger partial charge in [-0.3, -0.25) is 4.79 Å². The Morgan fingerprint density at radius 1 is 1.06 bits per heavy atom. The Labute approximate surface area is 192 Å². The zero-order chi connectivity index (χ0) is 23.2. The van der Waals surface area contributed by atoms with Gasteiger partial charge in [0, 0.05) is 12.5 Å². The number of carbonyl (C=O) groups is 1. The molecule has 0 bridgehead atoms. The summed E-state index contributed by atoms with van der Waals surface area (Å²) in [5.41, 5.74) is 1.33. The Kier molecular flexibility index (Phi) is 7.96. The maximum absolute atomic E-state index is 13.1. The normalized spacial score (nSPS) is 17.5. The molecular weight excluding hydrogens is 402 g/mol. The van der Waals surface area contributed by atoms with E-state index in [2.05, 4.69) is 12.2 Å². The molecular formula is C27H37NO4. The van der Waals surface area contributed by atoms with Gasteiger partial charge in [0.15, 0.2) is 0 Å². The van der Waals surface area contributed by atoms with E-state index in [1.807, 2.05) is 68.4 Å². The van der Waals surface area contributed by atoms with E-state index in [0.717, 1.165) is 23.5 Å². The van der Waals surface area contributed by atoms with E-state index in [-0.39, 0.29) is 24.0 Å². The number of aliphatic hydroxyl groups excluding tert-OH is 1. The number of benzene rings is 2. The quantitative estimate of drug-likeness (QED) is 0.546. The predicted octanol–water partition coefficient (Wildman–Crippen LogP) is 5.00. The van der Waals surface area contributed by atoms with Crippen LogP contribution in [0.5, 0.6) is 5.75 Å². The van der Waals surface area contributed by atoms with Gasteiger partial charge in [-0.1, -0.05) is 62.2 Å². The molecule has 2 aromatic carbocycles. The first kappa shape index (κ1) is 24.3. The van der Waals surface area contributed by atoms with Crippen LogP contribution in [0.4, 0.5) is 0 Å². The SMILES string of the molecule is COC(C)(C)[C@H](NC(=O)[C@@H](CO)c1ccccc1)c1ccc(OCC2(C)CCCC2)cc1. The van der Waals surface area contributed by atoms with Gasteiger partial charge in [-0.15, -0.1) is 0 Å². The first-order chi connectivity index (χ1) is 15.3. The number of carbonyl (C=O) groups excluding carboxylic acids is 1. The van der Waals surface area contributed by atoms with Crippen LogP contribution in [-0.4, -0.2) is 36.9 Å². The average Bonchev–Trinajstić information content (AvgIpc) is 3.24. The van der Waals surface area contributed by atoms with Crippen LogP contribution in [0.15, 0.2) is 54.6 Å². The van der Waals surface area contributed by atoms with Crippen molar-refractivity contribution >= 4 is 5.91 Å². The molecule has 1 fully saturated rings. The highest BCUT2D eigenvalue weighted by Gasteiger charge is 2.34. The van der Waals surface area contributed by atoms with Crippen molar-refractivity contribution in [2.45, 2.75) is 64.0 Å². The minimum atomic E-state index is -0.647. The summed E-state index contributed by atoms with van der Waals surface area (Å²) >= 11 is 0. The van der Waals surface area contributed by atoms with Crippen LogP contribution < -0.4 is 10.1 Å². The molecule has 1 aliphatic rings. The molecule has 1 amide bonds. The molecule has 0 aromatic heterocycles. The van der Waals surface area contributed by atoms with Crippen molar-refractivity contribution in [3.8, 4) is 5.75 Å². The molecule has 1 saturated carbocycles. The van der Waals surface area contributed by atoms with Gasteiger partial charge in [-0.2, -0.15) is 0 Å². The van der Waals surface area contributed by atoms with Crippen LogP contribution >= 0.6 is 0 Å². The van der Waals surface area contributed by atoms with Crippen LogP contribution in [-0.2, 0) is 9.53 Å². The van der Waals surface area contributed by atoms with Gasteiger partial charge in [0.25, 0.3) is 0 Å². The zero-order valence-corrected chi connectivity index (χ0v) is 19.8. The number of hydrogen-bond acceptors (Lipinski definition) is 4. The smallest absolute Gasteiger partial charge is 0.230 e. The van der Waals surface area contributed by atoms with Crippen molar-refractivity contribution in [1.82, 2.24) is 5.32 Å². The topological polar surface area (TPSA) is 67.8 Å². The minimum absolute atomic E-state index is 0.233. The summed E-state index contributed by atoms with van der Waals surface area (Å²) in [6, 6.07) is 16.8. The van der Waals surface area contributed by atoms with E-state index in [1.165, 1.54) is 25.7 Å². The molecule has 5 heteroatoms. The second kappa shape index (κ2) is 10.5. The van der Waals surface area contributed by atoms with Gasteiger partial charge in [-0.05, 0) is 49.9 Å². The molecule has 0 heterocycles. The Bertz CT molecular complexity index is 857. The van der Waals surface area contributed by atoms with Crippen LogP contribution in [0.2, 0.25) is 0 Å². The molecule has 32 heavy (non-hydrogen) atoms. The van der Waals surface area contributed by atoms with Crippen LogP contribution in [0.3, 0.4) is 0 Å². The summed E-state index contributed by atoms with van der Waals surface area (Å²) < 4.78 is 11.8. The lowest BCUT2D eigenvalue weighted by atomic mass is 9.89. The summed E-state index contributed by atoms with van der Waals surface area (Å²) in [5.74, 6) is -0.0378. The third-order valence-corrected chi connectivity index (χ3v) is 6.82. The standard InChI is InChI=1S/C27H37NO4/c1-26(2,31-4)24(28-25(30)23(18-29)20-10-6-5-7-11-20)21-12-14-22(15-13-21)32-19-27(3)16-8-9-17-27/h5-7,10-15,23-24,29H,8-9,16-19H2,1-4H3,(H,28,30)/t23-,24+/m0/s1. The van der Waals surface area contributed by atoms with Gasteiger partial charge in [0.1, 0.15) is 5.75 Å². The molecule has 0 aliphatic heterocycles. The summed E-state index contributed by atoms with van der Waals surface area (Å²) in [6.07, 6.45) is 5.00. The highest BCUT2D eigenvalue weighted by Crippen LogP contribution is 2.38. The molecule has 0 radical (unpaired) electrons. The molecule has 3 rings (SSSR count). The van der Waals surface area contributed by atoms with Gasteiger partial charge < -0.3 is 19.9 Å². The summed E-state index contributed by atoms with van der Waals surface area (Å²) in [4.78, 5) is 13.1. The fourth-order valence-electron chi connectivity index (χ4n) is 4.43. The third-order valence-electron chi connectivity index (χ3n) is 6.82. The molecule has 2 atom stereocenters. The van der Waals surface area contributed by atoms with E-state index in [4.69, 9.17) is 9.47 Å². The third kappa shape index (κ3) is 5.90. The first-order valence-corrected chi connectivity index (χ1v) is 11.5. The van der Waals surface area contributed by atoms with Crippen molar-refractivity contribution in [2.75, 3.05) is 20.3 Å². The van der Waals surface area contributed by atoms with Crippen LogP contribution in [0, 0.1) is 5.41 Å². The van der Waals surface area contributed by atoms with Gasteiger partial charge in [0.2, 0.25) is 5.91 Å². The molecule has 0 unspecified atom stereocenters. The molecule has 0 saturated heterocycles. The summed E-state index contributed by atoms with van der Waals surface area (Å²) in [5, 5.41) is 13.0. The molecule has 0 spiro atoms. The predicted molar refractivity (Wildman–Crippen MR) is 127 cm³/mol. The fourth-order valence-corrected chi connectivity index (χ4v) is 4.43. The van der Waals surface area contributed by atoms with Crippen molar-refractivity contribution in [3.05, 3.63) is 65.7 Å². The Morgan fingerprint density at radius 3 is 2.25 bits per heavy atom. The van der Waals surface area contributed by atoms with Crippen molar-refractivity contribution < 1.29 is 19.4 Å². The zero-order valence-electron chi connectivity index (χ0n) is 19.8. The number of ether oxygens (including phenoxy) is 2. The summed E-state index contributed by atoms with van der Waals surface area (Å²) in [6.45, 7) is 6.65. The van der Waals surface area contributed by atoms with Gasteiger partial charge in [0.05, 0.1) is 30.8 Å². The second-order valence-corrected chi connectivity index (χ2v) is 9.77. The first-order valence-electron chi connectivity index (χ1n) is 11.5. The van der Waals surface area contributed by atoms with E-state index in [0.29, 0.717) is 0 Å². The Balaban J connectivity index is 1.74. The number of amides is 1. The van der Waals surface area contributed by atoms with E-state index < -0.39 is 11.5 Å². The van der Waals surface area contributed by atoms with Gasteiger partial charge in [-0.25, -0.2) is 0 Å². The monoisotopic (exact) mass is 439 g/mol. The number of methoxy groups -OCH3 is 1. The fraction of sp³-hybridized carbons (Fsp3) is 0.519. The van der Waals surface area contributed by atoms with E-state index in [9.17, 15) is 9.90 Å². The van der Waals surface area contributed by atoms with Crippen molar-refractivity contribution in [3.63, 3.8) is 0 Å². The average molecular weight is 440 g/mol. The highest BCUT2D eigenvalue weighted by atomic mass is 16.5. The lowest BCUT2D eigenvalue weighted by Gasteiger charge is -2.35. The number of hydrogen-bond donors (Lipinski definition) is 2. The van der Waals surface area contributed by atoms with E-state index >= 15 is 0 Å². The van der Waals surface area contributed by atoms with Crippen LogP contribution in [0.25, 0.3) is 0 Å². The minimum Gasteiger partial charge on any atom is -0.493 e. The Hall–Kier alpha value is -2.37. The molecule has 1 aliphatic carbocycles. The molecule has 2 aromatic rings. The van der Waals surface area contributed by atoms with Crippen molar-refractivity contribution in [1.29, 1.82) is 0 Å². The maximum Gasteiger partial charge on any atom is 0.230 e. The lowest BCUT2D eigenvalue weighted by molar-refractivity contribution is -0.126. The Morgan fingerprint density at radius 2 is 1.69 bits per heavy atom. The molecule has 174 valence electrons. The maximum atomic E-state index is 13.1. The van der Waals surface area contributed by atoms with Crippen molar-refractivity contribution in [2.24, 2.45) is 5.41 Å². The largest absolute Gasteiger partial charge is 0.493 e. The highest BCUT2D eigenvalue weighted by molar-refractivity contribution is 5.84. The molecule has 5 nitrogen and oxygen atoms in total. The number of aliphatic hydroxyl groups is 1. The van der Waals surface area contributed by atoms with Crippen LogP contribution in [0.1, 0.15) is 69.5 Å². The van der Waals surface area contributed by atoms with Gasteiger partial charge >= 0.3 is 0 Å². The summed E-state index contributed by atoms with van der Waals surface area (Å²) in [7, 11) is 1.64. The lowest BCUT2D eigenvalue weighted by Crippen LogP contribution is -2.45. The number of rotatable bonds is 10.